The summed E-state index contributed by atoms with van der Waals surface area (Å²) in [4.78, 5) is 2.78. The summed E-state index contributed by atoms with van der Waals surface area (Å²) in [5.74, 6) is 0. The number of aryl methyl sites for hydroxylation is 1. The largest absolute Gasteiger partial charge is 0.353 e. The lowest BCUT2D eigenvalue weighted by Crippen LogP contribution is -2.04. The Kier molecular flexibility index (Phi) is 3.33. The van der Waals surface area contributed by atoms with Gasteiger partial charge < -0.3 is 5.32 Å². The van der Waals surface area contributed by atoms with Crippen molar-refractivity contribution >= 4 is 27.8 Å². The van der Waals surface area contributed by atoms with Gasteiger partial charge in [0.15, 0.2) is 0 Å². The van der Waals surface area contributed by atoms with Crippen LogP contribution in [0.4, 0.5) is 5.13 Å². The number of aromatic nitrogens is 2. The minimum atomic E-state index is 0.309. The molecule has 0 saturated heterocycles. The fourth-order valence-electron chi connectivity index (χ4n) is 1.31. The van der Waals surface area contributed by atoms with Gasteiger partial charge in [-0.2, -0.15) is 0 Å². The molecule has 0 bridgehead atoms. The van der Waals surface area contributed by atoms with E-state index in [9.17, 15) is 0 Å². The van der Waals surface area contributed by atoms with Gasteiger partial charge in [-0.25, -0.2) is 0 Å². The van der Waals surface area contributed by atoms with Crippen LogP contribution < -0.4 is 5.32 Å². The minimum absolute atomic E-state index is 0.309. The van der Waals surface area contributed by atoms with Gasteiger partial charge in [0.1, 0.15) is 5.51 Å². The lowest BCUT2D eigenvalue weighted by molar-refractivity contribution is 0.894. The molecule has 0 saturated carbocycles. The van der Waals surface area contributed by atoms with Crippen LogP contribution in [-0.4, -0.2) is 10.2 Å². The predicted octanol–water partition coefficient (Wildman–Crippen LogP) is 3.34. The first-order valence-corrected chi connectivity index (χ1v) is 6.60. The van der Waals surface area contributed by atoms with Crippen molar-refractivity contribution in [1.82, 2.24) is 10.2 Å². The monoisotopic (exact) mass is 239 g/mol. The quantitative estimate of drug-likeness (QED) is 0.889. The van der Waals surface area contributed by atoms with Crippen LogP contribution in [0.25, 0.3) is 0 Å². The molecule has 0 spiro atoms. The Hall–Kier alpha value is -0.940. The third-order valence-electron chi connectivity index (χ3n) is 2.16. The van der Waals surface area contributed by atoms with Crippen LogP contribution in [0.1, 0.15) is 29.6 Å². The number of nitrogens with one attached hydrogen (secondary N) is 1. The Labute approximate surface area is 97.2 Å². The molecule has 80 valence electrons. The number of hydrogen-bond donors (Lipinski definition) is 1. The standard InChI is InChI=1S/C10H13N3S2/c1-3-8-4-5-9(15-8)7(2)12-10-13-11-6-14-10/h4-7H,3H2,1-2H3,(H,12,13). The van der Waals surface area contributed by atoms with Crippen molar-refractivity contribution < 1.29 is 0 Å². The molecular formula is C10H13N3S2. The van der Waals surface area contributed by atoms with Gasteiger partial charge in [-0.05, 0) is 25.5 Å². The van der Waals surface area contributed by atoms with Crippen LogP contribution in [0.5, 0.6) is 0 Å². The summed E-state index contributed by atoms with van der Waals surface area (Å²) in [5, 5.41) is 12.0. The highest BCUT2D eigenvalue weighted by Crippen LogP contribution is 2.26. The van der Waals surface area contributed by atoms with Crippen molar-refractivity contribution in [2.75, 3.05) is 5.32 Å². The van der Waals surface area contributed by atoms with E-state index in [1.54, 1.807) is 5.51 Å². The Balaban J connectivity index is 2.04. The molecule has 0 aliphatic carbocycles. The Morgan fingerprint density at radius 3 is 2.93 bits per heavy atom. The van der Waals surface area contributed by atoms with Crippen LogP contribution in [0.3, 0.4) is 0 Å². The van der Waals surface area contributed by atoms with Crippen LogP contribution >= 0.6 is 22.7 Å². The van der Waals surface area contributed by atoms with E-state index < -0.39 is 0 Å². The third kappa shape index (κ3) is 2.54. The second kappa shape index (κ2) is 4.72. The molecule has 1 atom stereocenters. The van der Waals surface area contributed by atoms with Crippen LogP contribution in [0, 0.1) is 0 Å². The van der Waals surface area contributed by atoms with Crippen molar-refractivity contribution in [1.29, 1.82) is 0 Å². The average Bonchev–Trinajstić information content (AvgIpc) is 2.86. The molecule has 2 heterocycles. The molecule has 0 aliphatic heterocycles. The van der Waals surface area contributed by atoms with E-state index in [2.05, 4.69) is 41.5 Å². The van der Waals surface area contributed by atoms with Crippen molar-refractivity contribution in [3.05, 3.63) is 27.4 Å². The van der Waals surface area contributed by atoms with Crippen LogP contribution in [-0.2, 0) is 6.42 Å². The molecule has 0 aliphatic rings. The van der Waals surface area contributed by atoms with Gasteiger partial charge in [0, 0.05) is 9.75 Å². The van der Waals surface area contributed by atoms with Crippen molar-refractivity contribution in [2.24, 2.45) is 0 Å². The van der Waals surface area contributed by atoms with E-state index >= 15 is 0 Å². The van der Waals surface area contributed by atoms with Gasteiger partial charge in [-0.15, -0.1) is 21.5 Å². The molecule has 5 heteroatoms. The van der Waals surface area contributed by atoms with Gasteiger partial charge in [0.2, 0.25) is 5.13 Å². The zero-order valence-electron chi connectivity index (χ0n) is 8.73. The normalized spacial score (nSPS) is 12.7. The highest BCUT2D eigenvalue weighted by Gasteiger charge is 2.09. The second-order valence-electron chi connectivity index (χ2n) is 3.27. The molecule has 2 aromatic heterocycles. The van der Waals surface area contributed by atoms with Gasteiger partial charge in [0.05, 0.1) is 6.04 Å². The summed E-state index contributed by atoms with van der Waals surface area (Å²) in [6, 6.07) is 4.68. The van der Waals surface area contributed by atoms with E-state index in [1.165, 1.54) is 21.1 Å². The summed E-state index contributed by atoms with van der Waals surface area (Å²) in [6.07, 6.45) is 1.11. The minimum Gasteiger partial charge on any atom is -0.353 e. The topological polar surface area (TPSA) is 37.8 Å². The van der Waals surface area contributed by atoms with E-state index in [1.807, 2.05) is 11.3 Å². The molecule has 2 rings (SSSR count). The highest BCUT2D eigenvalue weighted by atomic mass is 32.1. The number of hydrogen-bond acceptors (Lipinski definition) is 5. The summed E-state index contributed by atoms with van der Waals surface area (Å²) < 4.78 is 0. The van der Waals surface area contributed by atoms with E-state index in [0.29, 0.717) is 6.04 Å². The first-order chi connectivity index (χ1) is 7.29. The fourth-order valence-corrected chi connectivity index (χ4v) is 2.80. The molecular weight excluding hydrogens is 226 g/mol. The Morgan fingerprint density at radius 2 is 2.33 bits per heavy atom. The molecule has 1 unspecified atom stereocenters. The number of rotatable bonds is 4. The van der Waals surface area contributed by atoms with E-state index in [4.69, 9.17) is 0 Å². The van der Waals surface area contributed by atoms with Gasteiger partial charge in [-0.1, -0.05) is 18.3 Å². The zero-order valence-corrected chi connectivity index (χ0v) is 10.4. The third-order valence-corrected chi connectivity index (χ3v) is 4.19. The maximum absolute atomic E-state index is 3.97. The van der Waals surface area contributed by atoms with Gasteiger partial charge >= 0.3 is 0 Å². The van der Waals surface area contributed by atoms with E-state index in [-0.39, 0.29) is 0 Å². The van der Waals surface area contributed by atoms with Crippen LogP contribution in [0.2, 0.25) is 0 Å². The molecule has 0 fully saturated rings. The van der Waals surface area contributed by atoms with Crippen LogP contribution in [0.15, 0.2) is 17.6 Å². The highest BCUT2D eigenvalue weighted by molar-refractivity contribution is 7.13. The van der Waals surface area contributed by atoms with E-state index in [0.717, 1.165) is 11.6 Å². The first-order valence-electron chi connectivity index (χ1n) is 4.91. The number of nitrogens with zero attached hydrogens (tertiary/aromatic N) is 2. The fraction of sp³-hybridized carbons (Fsp3) is 0.400. The summed E-state index contributed by atoms with van der Waals surface area (Å²) in [5.41, 5.74) is 1.74. The number of thiophene rings is 1. The SMILES string of the molecule is CCc1ccc(C(C)Nc2nncs2)s1. The smallest absolute Gasteiger partial charge is 0.205 e. The van der Waals surface area contributed by atoms with Crippen molar-refractivity contribution in [2.45, 2.75) is 26.3 Å². The number of anilines is 1. The molecule has 1 N–H and O–H groups in total. The molecule has 0 amide bonds. The van der Waals surface area contributed by atoms with Gasteiger partial charge in [0.25, 0.3) is 0 Å². The average molecular weight is 239 g/mol. The van der Waals surface area contributed by atoms with Crippen molar-refractivity contribution in [3.8, 4) is 0 Å². The van der Waals surface area contributed by atoms with Gasteiger partial charge in [-0.3, -0.25) is 0 Å². The van der Waals surface area contributed by atoms with Crippen molar-refractivity contribution in [3.63, 3.8) is 0 Å². The molecule has 2 aromatic rings. The Morgan fingerprint density at radius 1 is 1.47 bits per heavy atom. The molecule has 3 nitrogen and oxygen atoms in total. The maximum atomic E-state index is 3.97. The summed E-state index contributed by atoms with van der Waals surface area (Å²) in [6.45, 7) is 4.32. The lowest BCUT2D eigenvalue weighted by atomic mass is 10.3. The lowest BCUT2D eigenvalue weighted by Gasteiger charge is -2.09. The summed E-state index contributed by atoms with van der Waals surface area (Å²) in [7, 11) is 0. The maximum Gasteiger partial charge on any atom is 0.205 e. The first kappa shape index (κ1) is 10.6. The zero-order chi connectivity index (χ0) is 10.7. The Bertz CT molecular complexity index is 408. The molecule has 0 aromatic carbocycles. The predicted molar refractivity (Wildman–Crippen MR) is 65.6 cm³/mol. The summed E-state index contributed by atoms with van der Waals surface area (Å²) >= 11 is 3.39. The molecule has 0 radical (unpaired) electrons. The second-order valence-corrected chi connectivity index (χ2v) is 5.30. The molecule has 15 heavy (non-hydrogen) atoms.